The largest absolute Gasteiger partial charge is 0.479 e. The summed E-state index contributed by atoms with van der Waals surface area (Å²) in [6.45, 7) is 6.84. The smallest absolute Gasteiger partial charge is 0.257 e. The molecule has 206 valence electrons. The highest BCUT2D eigenvalue weighted by molar-refractivity contribution is 7.90. The van der Waals surface area contributed by atoms with E-state index in [9.17, 15) is 13.2 Å². The van der Waals surface area contributed by atoms with Gasteiger partial charge < -0.3 is 24.8 Å². The van der Waals surface area contributed by atoms with E-state index in [0.717, 1.165) is 24.7 Å². The van der Waals surface area contributed by atoms with Crippen molar-refractivity contribution in [2.75, 3.05) is 36.7 Å². The lowest BCUT2D eigenvalue weighted by Crippen LogP contribution is -2.39. The summed E-state index contributed by atoms with van der Waals surface area (Å²) in [5, 5.41) is 5.92. The number of hydrogen-bond donors (Lipinski definition) is 2. The molecule has 2 N–H and O–H groups in total. The molecular formula is C27H31N5O6S. The molecule has 0 radical (unpaired) electrons. The van der Waals surface area contributed by atoms with E-state index in [-0.39, 0.29) is 16.9 Å². The van der Waals surface area contributed by atoms with Crippen molar-refractivity contribution in [1.82, 2.24) is 15.0 Å². The van der Waals surface area contributed by atoms with Crippen LogP contribution in [0.3, 0.4) is 0 Å². The van der Waals surface area contributed by atoms with Gasteiger partial charge in [0.15, 0.2) is 20.6 Å². The maximum absolute atomic E-state index is 12.5. The molecule has 39 heavy (non-hydrogen) atoms. The first-order valence-electron chi connectivity index (χ1n) is 12.6. The summed E-state index contributed by atoms with van der Waals surface area (Å²) in [7, 11) is -3.58. The van der Waals surface area contributed by atoms with E-state index in [4.69, 9.17) is 14.2 Å². The van der Waals surface area contributed by atoms with E-state index in [2.05, 4.69) is 25.6 Å². The molecule has 0 spiro atoms. The van der Waals surface area contributed by atoms with E-state index in [0.29, 0.717) is 60.0 Å². The molecular weight excluding hydrogens is 522 g/mol. The Balaban J connectivity index is 1.57. The molecule has 0 bridgehead atoms. The molecule has 0 aliphatic carbocycles. The van der Waals surface area contributed by atoms with Gasteiger partial charge in [-0.2, -0.15) is 0 Å². The van der Waals surface area contributed by atoms with E-state index in [1.165, 1.54) is 6.92 Å². The van der Waals surface area contributed by atoms with Crippen molar-refractivity contribution in [1.29, 1.82) is 0 Å². The number of nitrogens with zero attached hydrogens (tertiary/aromatic N) is 3. The number of sulfone groups is 1. The molecule has 1 fully saturated rings. The van der Waals surface area contributed by atoms with Crippen LogP contribution in [0.1, 0.15) is 45.1 Å². The topological polar surface area (TPSA) is 142 Å². The van der Waals surface area contributed by atoms with Gasteiger partial charge in [-0.05, 0) is 62.4 Å². The molecule has 2 aliphatic rings. The Labute approximate surface area is 227 Å². The lowest BCUT2D eigenvalue weighted by molar-refractivity contribution is -0.114. The molecule has 0 unspecified atom stereocenters. The Morgan fingerprint density at radius 1 is 1.08 bits per heavy atom. The summed E-state index contributed by atoms with van der Waals surface area (Å²) in [5.41, 5.74) is 2.07. The maximum atomic E-state index is 12.5. The zero-order chi connectivity index (χ0) is 27.8. The van der Waals surface area contributed by atoms with Crippen LogP contribution >= 0.6 is 0 Å². The predicted octanol–water partition coefficient (Wildman–Crippen LogP) is 4.09. The van der Waals surface area contributed by atoms with Crippen LogP contribution < -0.4 is 20.1 Å². The number of amides is 1. The number of pyridine rings is 3. The van der Waals surface area contributed by atoms with Crippen LogP contribution in [0.25, 0.3) is 11.3 Å². The monoisotopic (exact) mass is 553 g/mol. The number of ether oxygens (including phenoxy) is 3. The summed E-state index contributed by atoms with van der Waals surface area (Å²) >= 11 is 0. The molecule has 11 nitrogen and oxygen atoms in total. The number of carbonyl (C=O) groups excluding carboxylic acids is 1. The van der Waals surface area contributed by atoms with Crippen LogP contribution in [0.5, 0.6) is 11.6 Å². The van der Waals surface area contributed by atoms with Gasteiger partial charge in [-0.1, -0.05) is 0 Å². The highest BCUT2D eigenvalue weighted by Crippen LogP contribution is 2.38. The van der Waals surface area contributed by atoms with E-state index in [1.807, 2.05) is 19.9 Å². The molecule has 1 amide bonds. The number of hydrogen-bond acceptors (Lipinski definition) is 10. The summed E-state index contributed by atoms with van der Waals surface area (Å²) in [6.07, 6.45) is 4.30. The number of aromatic nitrogens is 3. The fourth-order valence-corrected chi connectivity index (χ4v) is 5.14. The Bertz CT molecular complexity index is 1520. The molecule has 0 saturated carbocycles. The third-order valence-electron chi connectivity index (χ3n) is 6.41. The third-order valence-corrected chi connectivity index (χ3v) is 7.38. The Kier molecular flexibility index (Phi) is 7.17. The van der Waals surface area contributed by atoms with Gasteiger partial charge in [0.05, 0.1) is 11.4 Å². The summed E-state index contributed by atoms with van der Waals surface area (Å²) < 4.78 is 42.3. The third kappa shape index (κ3) is 6.28. The van der Waals surface area contributed by atoms with Crippen LogP contribution in [-0.2, 0) is 19.4 Å². The van der Waals surface area contributed by atoms with Crippen molar-refractivity contribution in [3.05, 3.63) is 42.1 Å². The second-order valence-corrected chi connectivity index (χ2v) is 12.3. The van der Waals surface area contributed by atoms with Gasteiger partial charge in [0.1, 0.15) is 23.8 Å². The van der Waals surface area contributed by atoms with Gasteiger partial charge >= 0.3 is 0 Å². The summed E-state index contributed by atoms with van der Waals surface area (Å²) in [4.78, 5) is 25.1. The van der Waals surface area contributed by atoms with Crippen LogP contribution in [0.15, 0.2) is 41.6 Å². The average molecular weight is 554 g/mol. The standard InChI is InChI=1S/C27H31N5O6S/c1-16(33)29-23-13-21(19(14-28-23)20-5-6-22-26(31-20)37-15-27(2,3)38-22)30-24-11-18(17-7-9-36-10-8-17)12-25(32-24)39(4,34)35/h5-6,11-14,17H,7-10,15H2,1-4H3,(H2,28,29,30,32,33). The zero-order valence-corrected chi connectivity index (χ0v) is 23.1. The summed E-state index contributed by atoms with van der Waals surface area (Å²) in [6, 6.07) is 8.72. The van der Waals surface area contributed by atoms with Gasteiger partial charge in [0.2, 0.25) is 5.91 Å². The number of carbonyl (C=O) groups is 1. The van der Waals surface area contributed by atoms with Crippen molar-refractivity contribution >= 4 is 33.1 Å². The second-order valence-electron chi connectivity index (χ2n) is 10.4. The quantitative estimate of drug-likeness (QED) is 0.458. The SMILES string of the molecule is CC(=O)Nc1cc(Nc2cc(C3CCOCC3)cc(S(C)(=O)=O)n2)c(-c2ccc3c(n2)OCC(C)(C)O3)cn1. The average Bonchev–Trinajstić information content (AvgIpc) is 2.88. The van der Waals surface area contributed by atoms with Crippen LogP contribution in [0.4, 0.5) is 17.3 Å². The van der Waals surface area contributed by atoms with E-state index < -0.39 is 15.4 Å². The van der Waals surface area contributed by atoms with Gasteiger partial charge in [-0.25, -0.2) is 23.4 Å². The predicted molar refractivity (Wildman–Crippen MR) is 145 cm³/mol. The minimum atomic E-state index is -3.58. The van der Waals surface area contributed by atoms with E-state index in [1.54, 1.807) is 30.5 Å². The minimum Gasteiger partial charge on any atom is -0.479 e. The molecule has 2 aliphatic heterocycles. The van der Waals surface area contributed by atoms with E-state index >= 15 is 0 Å². The van der Waals surface area contributed by atoms with Crippen LogP contribution in [0.2, 0.25) is 0 Å². The molecule has 12 heteroatoms. The molecule has 3 aromatic rings. The highest BCUT2D eigenvalue weighted by Gasteiger charge is 2.29. The van der Waals surface area contributed by atoms with Crippen molar-refractivity contribution in [3.63, 3.8) is 0 Å². The second kappa shape index (κ2) is 10.4. The normalized spacial score (nSPS) is 16.9. The Morgan fingerprint density at radius 3 is 2.56 bits per heavy atom. The molecule has 0 aromatic carbocycles. The number of anilines is 3. The number of nitrogens with one attached hydrogen (secondary N) is 2. The van der Waals surface area contributed by atoms with Gasteiger partial charge in [0.25, 0.3) is 5.88 Å². The lowest BCUT2D eigenvalue weighted by atomic mass is 9.92. The van der Waals surface area contributed by atoms with Gasteiger partial charge in [0, 0.05) is 44.2 Å². The van der Waals surface area contributed by atoms with Crippen LogP contribution in [0, 0.1) is 0 Å². The van der Waals surface area contributed by atoms with Crippen molar-refractivity contribution in [2.45, 2.75) is 50.2 Å². The maximum Gasteiger partial charge on any atom is 0.257 e. The first kappa shape index (κ1) is 26.8. The number of rotatable bonds is 6. The minimum absolute atomic E-state index is 0.0215. The first-order valence-corrected chi connectivity index (χ1v) is 14.5. The molecule has 1 saturated heterocycles. The molecule has 3 aromatic heterocycles. The van der Waals surface area contributed by atoms with Crippen molar-refractivity contribution in [3.8, 4) is 22.9 Å². The Hall–Kier alpha value is -3.77. The Morgan fingerprint density at radius 2 is 1.85 bits per heavy atom. The highest BCUT2D eigenvalue weighted by atomic mass is 32.2. The summed E-state index contributed by atoms with van der Waals surface area (Å²) in [5.74, 6) is 1.44. The zero-order valence-electron chi connectivity index (χ0n) is 22.3. The first-order chi connectivity index (χ1) is 18.5. The van der Waals surface area contributed by atoms with Gasteiger partial charge in [-0.15, -0.1) is 0 Å². The fourth-order valence-electron chi connectivity index (χ4n) is 4.52. The fraction of sp³-hybridized carbons (Fsp3) is 0.407. The molecule has 5 rings (SSSR count). The number of fused-ring (bicyclic) bond motifs is 1. The molecule has 0 atom stereocenters. The van der Waals surface area contributed by atoms with Crippen molar-refractivity contribution in [2.24, 2.45) is 0 Å². The van der Waals surface area contributed by atoms with Gasteiger partial charge in [-0.3, -0.25) is 4.79 Å². The van der Waals surface area contributed by atoms with Crippen molar-refractivity contribution < 1.29 is 27.4 Å². The van der Waals surface area contributed by atoms with Crippen LogP contribution in [-0.4, -0.2) is 61.0 Å². The molecule has 5 heterocycles. The lowest BCUT2D eigenvalue weighted by Gasteiger charge is -2.31.